The van der Waals surface area contributed by atoms with Crippen LogP contribution in [0.15, 0.2) is 22.7 Å². The first-order valence-electron chi connectivity index (χ1n) is 5.68. The van der Waals surface area contributed by atoms with Crippen molar-refractivity contribution in [2.24, 2.45) is 5.92 Å². The van der Waals surface area contributed by atoms with Gasteiger partial charge >= 0.3 is 0 Å². The lowest BCUT2D eigenvalue weighted by Crippen LogP contribution is -2.11. The van der Waals surface area contributed by atoms with Crippen LogP contribution >= 0.6 is 15.9 Å². The van der Waals surface area contributed by atoms with Gasteiger partial charge in [0.15, 0.2) is 0 Å². The summed E-state index contributed by atoms with van der Waals surface area (Å²) in [6, 6.07) is 4.68. The van der Waals surface area contributed by atoms with Gasteiger partial charge in [-0.05, 0) is 36.1 Å². The zero-order chi connectivity index (χ0) is 12.3. The summed E-state index contributed by atoms with van der Waals surface area (Å²) in [4.78, 5) is 11.8. The second-order valence-electron chi connectivity index (χ2n) is 4.38. The fraction of sp³-hybridized carbons (Fsp3) is 0.462. The smallest absolute Gasteiger partial charge is 0.137 e. The van der Waals surface area contributed by atoms with Crippen molar-refractivity contribution in [3.8, 4) is 0 Å². The molecule has 0 N–H and O–H groups in total. The zero-order valence-corrected chi connectivity index (χ0v) is 11.0. The Morgan fingerprint density at radius 1 is 1.53 bits per heavy atom. The molecule has 1 unspecified atom stereocenters. The summed E-state index contributed by atoms with van der Waals surface area (Å²) in [6.07, 6.45) is 1.60. The van der Waals surface area contributed by atoms with E-state index in [9.17, 15) is 9.18 Å². The van der Waals surface area contributed by atoms with Crippen LogP contribution in [0, 0.1) is 11.7 Å². The van der Waals surface area contributed by atoms with Gasteiger partial charge in [-0.3, -0.25) is 4.79 Å². The molecule has 1 aliphatic rings. The van der Waals surface area contributed by atoms with E-state index in [4.69, 9.17) is 4.74 Å². The number of ether oxygens (including phenoxy) is 1. The zero-order valence-electron chi connectivity index (χ0n) is 9.42. The highest BCUT2D eigenvalue weighted by atomic mass is 79.9. The predicted molar refractivity (Wildman–Crippen MR) is 66.4 cm³/mol. The van der Waals surface area contributed by atoms with Crippen molar-refractivity contribution in [1.29, 1.82) is 0 Å². The lowest BCUT2D eigenvalue weighted by atomic mass is 9.98. The third-order valence-corrected chi connectivity index (χ3v) is 3.43. The summed E-state index contributed by atoms with van der Waals surface area (Å²) in [7, 11) is 0. The Morgan fingerprint density at radius 2 is 2.35 bits per heavy atom. The third-order valence-electron chi connectivity index (χ3n) is 2.94. The van der Waals surface area contributed by atoms with E-state index >= 15 is 0 Å². The SMILES string of the molecule is O=C(Cc1cc(Br)ccc1F)CC1CCOC1. The molecule has 92 valence electrons. The Kier molecular flexibility index (Phi) is 4.29. The molecule has 1 fully saturated rings. The molecule has 0 bridgehead atoms. The van der Waals surface area contributed by atoms with E-state index in [1.54, 1.807) is 12.1 Å². The molecule has 1 atom stereocenters. The van der Waals surface area contributed by atoms with E-state index in [0.29, 0.717) is 24.5 Å². The van der Waals surface area contributed by atoms with Crippen molar-refractivity contribution < 1.29 is 13.9 Å². The van der Waals surface area contributed by atoms with Crippen LogP contribution in [-0.4, -0.2) is 19.0 Å². The number of rotatable bonds is 4. The molecule has 0 radical (unpaired) electrons. The average Bonchev–Trinajstić information content (AvgIpc) is 2.76. The largest absolute Gasteiger partial charge is 0.381 e. The van der Waals surface area contributed by atoms with E-state index in [1.807, 2.05) is 0 Å². The van der Waals surface area contributed by atoms with Crippen molar-refractivity contribution in [3.63, 3.8) is 0 Å². The van der Waals surface area contributed by atoms with Crippen LogP contribution in [0.3, 0.4) is 0 Å². The maximum atomic E-state index is 13.4. The Labute approximate surface area is 108 Å². The first-order chi connectivity index (χ1) is 8.15. The van der Waals surface area contributed by atoms with Crippen molar-refractivity contribution in [3.05, 3.63) is 34.1 Å². The van der Waals surface area contributed by atoms with Crippen molar-refractivity contribution >= 4 is 21.7 Å². The van der Waals surface area contributed by atoms with Crippen molar-refractivity contribution in [2.45, 2.75) is 19.3 Å². The van der Waals surface area contributed by atoms with Crippen molar-refractivity contribution in [1.82, 2.24) is 0 Å². The highest BCUT2D eigenvalue weighted by molar-refractivity contribution is 9.10. The van der Waals surface area contributed by atoms with Gasteiger partial charge in [0, 0.05) is 30.5 Å². The monoisotopic (exact) mass is 300 g/mol. The third kappa shape index (κ3) is 3.61. The van der Waals surface area contributed by atoms with Crippen LogP contribution in [-0.2, 0) is 16.0 Å². The maximum Gasteiger partial charge on any atom is 0.137 e. The van der Waals surface area contributed by atoms with Crippen LogP contribution in [0.25, 0.3) is 0 Å². The van der Waals surface area contributed by atoms with Crippen LogP contribution in [0.4, 0.5) is 4.39 Å². The number of carbonyl (C=O) groups is 1. The van der Waals surface area contributed by atoms with Crippen LogP contribution in [0.2, 0.25) is 0 Å². The normalized spacial score (nSPS) is 19.5. The molecule has 0 aromatic heterocycles. The van der Waals surface area contributed by atoms with Gasteiger partial charge in [0.05, 0.1) is 0 Å². The molecule has 2 nitrogen and oxygen atoms in total. The fourth-order valence-corrected chi connectivity index (χ4v) is 2.44. The van der Waals surface area contributed by atoms with E-state index in [-0.39, 0.29) is 18.0 Å². The highest BCUT2D eigenvalue weighted by Gasteiger charge is 2.19. The second-order valence-corrected chi connectivity index (χ2v) is 5.30. The Bertz CT molecular complexity index is 414. The number of benzene rings is 1. The molecule has 1 aromatic carbocycles. The van der Waals surface area contributed by atoms with Crippen LogP contribution in [0.1, 0.15) is 18.4 Å². The first-order valence-corrected chi connectivity index (χ1v) is 6.48. The Morgan fingerprint density at radius 3 is 3.06 bits per heavy atom. The summed E-state index contributed by atoms with van der Waals surface area (Å²) < 4.78 is 19.5. The fourth-order valence-electron chi connectivity index (χ4n) is 2.03. The number of halogens is 2. The number of hydrogen-bond acceptors (Lipinski definition) is 2. The van der Waals surface area contributed by atoms with Gasteiger partial charge in [0.1, 0.15) is 11.6 Å². The summed E-state index contributed by atoms with van der Waals surface area (Å²) in [5, 5.41) is 0. The van der Waals surface area contributed by atoms with Crippen molar-refractivity contribution in [2.75, 3.05) is 13.2 Å². The van der Waals surface area contributed by atoms with E-state index in [0.717, 1.165) is 17.5 Å². The summed E-state index contributed by atoms with van der Waals surface area (Å²) in [5.74, 6) is 0.0828. The van der Waals surface area contributed by atoms with Gasteiger partial charge in [-0.25, -0.2) is 4.39 Å². The lowest BCUT2D eigenvalue weighted by Gasteiger charge is -2.07. The number of carbonyl (C=O) groups excluding carboxylic acids is 1. The average molecular weight is 301 g/mol. The molecule has 1 saturated heterocycles. The van der Waals surface area contributed by atoms with Gasteiger partial charge < -0.3 is 4.74 Å². The minimum atomic E-state index is -0.316. The molecule has 1 aliphatic heterocycles. The van der Waals surface area contributed by atoms with E-state index in [2.05, 4.69) is 15.9 Å². The second kappa shape index (κ2) is 5.74. The lowest BCUT2D eigenvalue weighted by molar-refractivity contribution is -0.119. The van der Waals surface area contributed by atoms with Crippen LogP contribution in [0.5, 0.6) is 0 Å². The molecule has 17 heavy (non-hydrogen) atoms. The van der Waals surface area contributed by atoms with Crippen LogP contribution < -0.4 is 0 Å². The highest BCUT2D eigenvalue weighted by Crippen LogP contribution is 2.20. The van der Waals surface area contributed by atoms with E-state index < -0.39 is 0 Å². The predicted octanol–water partition coefficient (Wildman–Crippen LogP) is 3.13. The molecule has 0 aliphatic carbocycles. The molecule has 0 amide bonds. The number of hydrogen-bond donors (Lipinski definition) is 0. The quantitative estimate of drug-likeness (QED) is 0.854. The molecule has 2 rings (SSSR count). The topological polar surface area (TPSA) is 26.3 Å². The first kappa shape index (κ1) is 12.7. The molecule has 1 aromatic rings. The van der Waals surface area contributed by atoms with E-state index in [1.165, 1.54) is 6.07 Å². The minimum Gasteiger partial charge on any atom is -0.381 e. The summed E-state index contributed by atoms with van der Waals surface area (Å²) >= 11 is 3.28. The van der Waals surface area contributed by atoms with Gasteiger partial charge in [-0.15, -0.1) is 0 Å². The number of Topliss-reactive ketones (excluding diaryl/α,β-unsaturated/α-hetero) is 1. The Balaban J connectivity index is 1.95. The molecular formula is C13H14BrFO2. The number of ketones is 1. The minimum absolute atomic E-state index is 0.0810. The van der Waals surface area contributed by atoms with Gasteiger partial charge in [-0.2, -0.15) is 0 Å². The Hall–Kier alpha value is -0.740. The summed E-state index contributed by atoms with van der Waals surface area (Å²) in [6.45, 7) is 1.40. The standard InChI is InChI=1S/C13H14BrFO2/c14-11-1-2-13(15)10(6-11)7-12(16)5-9-3-4-17-8-9/h1-2,6,9H,3-5,7-8H2. The summed E-state index contributed by atoms with van der Waals surface area (Å²) in [5.41, 5.74) is 0.461. The van der Waals surface area contributed by atoms with Gasteiger partial charge in [0.25, 0.3) is 0 Å². The molecule has 0 spiro atoms. The molecular weight excluding hydrogens is 287 g/mol. The maximum absolute atomic E-state index is 13.4. The molecule has 1 heterocycles. The molecule has 4 heteroatoms. The van der Waals surface area contributed by atoms with Gasteiger partial charge in [-0.1, -0.05) is 15.9 Å². The molecule has 0 saturated carbocycles. The van der Waals surface area contributed by atoms with Gasteiger partial charge in [0.2, 0.25) is 0 Å².